The van der Waals surface area contributed by atoms with Gasteiger partial charge in [-0.25, -0.2) is 4.79 Å². The molecule has 4 heteroatoms. The molecule has 4 nitrogen and oxygen atoms in total. The molecule has 0 saturated carbocycles. The number of carbonyl (C=O) groups excluding carboxylic acids is 1. The highest BCUT2D eigenvalue weighted by Crippen LogP contribution is 2.15. The van der Waals surface area contributed by atoms with Crippen LogP contribution in [0.1, 0.15) is 6.42 Å². The van der Waals surface area contributed by atoms with E-state index in [4.69, 9.17) is 10.5 Å². The predicted octanol–water partition coefficient (Wildman–Crippen LogP) is 0.590. The van der Waals surface area contributed by atoms with E-state index in [1.54, 1.807) is 11.0 Å². The van der Waals surface area contributed by atoms with Crippen molar-refractivity contribution < 1.29 is 9.53 Å². The second kappa shape index (κ2) is 4.87. The van der Waals surface area contributed by atoms with Gasteiger partial charge in [0.1, 0.15) is 6.61 Å². The van der Waals surface area contributed by atoms with Crippen molar-refractivity contribution in [3.8, 4) is 0 Å². The summed E-state index contributed by atoms with van der Waals surface area (Å²) in [5.41, 5.74) is 5.50. The van der Waals surface area contributed by atoms with Crippen LogP contribution in [0.4, 0.5) is 4.79 Å². The fraction of sp³-hybridized carbons (Fsp3) is 0.667. The second-order valence-corrected chi connectivity index (χ2v) is 3.20. The molecule has 1 heterocycles. The fourth-order valence-electron chi connectivity index (χ4n) is 1.41. The Kier molecular flexibility index (Phi) is 3.76. The number of carbonyl (C=O) groups is 1. The molecule has 0 aromatic heterocycles. The maximum Gasteiger partial charge on any atom is 0.410 e. The quantitative estimate of drug-likeness (QED) is 0.653. The van der Waals surface area contributed by atoms with Gasteiger partial charge >= 0.3 is 6.09 Å². The summed E-state index contributed by atoms with van der Waals surface area (Å²) in [6.45, 7) is 5.89. The van der Waals surface area contributed by atoms with Crippen molar-refractivity contribution in [2.24, 2.45) is 11.7 Å². The number of nitrogens with two attached hydrogens (primary N) is 1. The van der Waals surface area contributed by atoms with Crippen LogP contribution in [0.15, 0.2) is 12.7 Å². The van der Waals surface area contributed by atoms with Crippen LogP contribution in [0.5, 0.6) is 0 Å². The highest BCUT2D eigenvalue weighted by Gasteiger charge is 2.25. The number of amides is 1. The molecule has 0 bridgehead atoms. The van der Waals surface area contributed by atoms with Gasteiger partial charge in [0.25, 0.3) is 0 Å². The highest BCUT2D eigenvalue weighted by atomic mass is 16.6. The molecule has 1 aliphatic rings. The molecule has 0 spiro atoms. The molecular weight excluding hydrogens is 168 g/mol. The molecule has 74 valence electrons. The summed E-state index contributed by atoms with van der Waals surface area (Å²) < 4.78 is 4.90. The zero-order chi connectivity index (χ0) is 9.68. The molecule has 1 atom stereocenters. The van der Waals surface area contributed by atoms with E-state index in [-0.39, 0.29) is 12.7 Å². The van der Waals surface area contributed by atoms with Crippen LogP contribution in [-0.2, 0) is 4.74 Å². The summed E-state index contributed by atoms with van der Waals surface area (Å²) >= 11 is 0. The van der Waals surface area contributed by atoms with Gasteiger partial charge in [-0.2, -0.15) is 0 Å². The Morgan fingerprint density at radius 2 is 2.54 bits per heavy atom. The lowest BCUT2D eigenvalue weighted by Gasteiger charge is -2.14. The SMILES string of the molecule is C=CCOC(=O)N1CC[C@@H](CN)C1. The molecule has 2 N–H and O–H groups in total. The van der Waals surface area contributed by atoms with Crippen molar-refractivity contribution in [1.82, 2.24) is 4.90 Å². The van der Waals surface area contributed by atoms with Gasteiger partial charge in [-0.3, -0.25) is 0 Å². The first-order valence-electron chi connectivity index (χ1n) is 4.50. The summed E-state index contributed by atoms with van der Waals surface area (Å²) in [6, 6.07) is 0. The normalized spacial score (nSPS) is 21.6. The van der Waals surface area contributed by atoms with E-state index < -0.39 is 0 Å². The van der Waals surface area contributed by atoms with Crippen molar-refractivity contribution in [2.75, 3.05) is 26.2 Å². The summed E-state index contributed by atoms with van der Waals surface area (Å²) in [6.07, 6.45) is 2.30. The van der Waals surface area contributed by atoms with Gasteiger partial charge in [0.2, 0.25) is 0 Å². The number of hydrogen-bond acceptors (Lipinski definition) is 3. The first kappa shape index (κ1) is 10.1. The summed E-state index contributed by atoms with van der Waals surface area (Å²) in [4.78, 5) is 13.0. The van der Waals surface area contributed by atoms with Gasteiger partial charge in [0, 0.05) is 13.1 Å². The van der Waals surface area contributed by atoms with E-state index in [0.717, 1.165) is 19.5 Å². The number of likely N-dealkylation sites (tertiary alicyclic amines) is 1. The molecule has 0 aromatic carbocycles. The van der Waals surface area contributed by atoms with Crippen molar-refractivity contribution in [2.45, 2.75) is 6.42 Å². The van der Waals surface area contributed by atoms with Gasteiger partial charge in [-0.05, 0) is 18.9 Å². The van der Waals surface area contributed by atoms with Crippen LogP contribution in [0.25, 0.3) is 0 Å². The predicted molar refractivity (Wildman–Crippen MR) is 50.3 cm³/mol. The molecule has 0 radical (unpaired) electrons. The number of rotatable bonds is 3. The molecule has 1 rings (SSSR count). The van der Waals surface area contributed by atoms with Crippen LogP contribution in [-0.4, -0.2) is 37.2 Å². The number of nitrogens with zero attached hydrogens (tertiary/aromatic N) is 1. The van der Waals surface area contributed by atoms with Crippen LogP contribution in [0.3, 0.4) is 0 Å². The highest BCUT2D eigenvalue weighted by molar-refractivity contribution is 5.68. The molecule has 0 aromatic rings. The Bertz CT molecular complexity index is 194. The fourth-order valence-corrected chi connectivity index (χ4v) is 1.41. The Morgan fingerprint density at radius 3 is 3.08 bits per heavy atom. The lowest BCUT2D eigenvalue weighted by atomic mass is 10.1. The largest absolute Gasteiger partial charge is 0.445 e. The maximum atomic E-state index is 11.3. The first-order chi connectivity index (χ1) is 6.27. The van der Waals surface area contributed by atoms with Gasteiger partial charge in [0.15, 0.2) is 0 Å². The third kappa shape index (κ3) is 2.73. The van der Waals surface area contributed by atoms with Crippen LogP contribution >= 0.6 is 0 Å². The molecule has 1 fully saturated rings. The summed E-state index contributed by atoms with van der Waals surface area (Å²) in [5, 5.41) is 0. The standard InChI is InChI=1S/C9H16N2O2/c1-2-5-13-9(12)11-4-3-8(6-10)7-11/h2,8H,1,3-7,10H2/t8-/m0/s1. The molecule has 1 amide bonds. The smallest absolute Gasteiger partial charge is 0.410 e. The number of hydrogen-bond donors (Lipinski definition) is 1. The van der Waals surface area contributed by atoms with Gasteiger partial charge in [-0.15, -0.1) is 0 Å². The van der Waals surface area contributed by atoms with E-state index in [1.165, 1.54) is 0 Å². The van der Waals surface area contributed by atoms with E-state index in [0.29, 0.717) is 12.5 Å². The minimum absolute atomic E-state index is 0.254. The van der Waals surface area contributed by atoms with Gasteiger partial charge in [0.05, 0.1) is 0 Å². The van der Waals surface area contributed by atoms with Crippen LogP contribution < -0.4 is 5.73 Å². The van der Waals surface area contributed by atoms with Crippen molar-refractivity contribution in [1.29, 1.82) is 0 Å². The van der Waals surface area contributed by atoms with Gasteiger partial charge in [-0.1, -0.05) is 12.7 Å². The topological polar surface area (TPSA) is 55.6 Å². The Balaban J connectivity index is 2.28. The third-order valence-corrected chi connectivity index (χ3v) is 2.20. The zero-order valence-electron chi connectivity index (χ0n) is 7.74. The monoisotopic (exact) mass is 184 g/mol. The van der Waals surface area contributed by atoms with Crippen molar-refractivity contribution in [3.63, 3.8) is 0 Å². The molecule has 0 unspecified atom stereocenters. The first-order valence-corrected chi connectivity index (χ1v) is 4.50. The van der Waals surface area contributed by atoms with Crippen LogP contribution in [0.2, 0.25) is 0 Å². The third-order valence-electron chi connectivity index (χ3n) is 2.20. The zero-order valence-corrected chi connectivity index (χ0v) is 7.74. The van der Waals surface area contributed by atoms with Crippen LogP contribution in [0, 0.1) is 5.92 Å². The molecular formula is C9H16N2O2. The van der Waals surface area contributed by atoms with E-state index in [2.05, 4.69) is 6.58 Å². The van der Waals surface area contributed by atoms with Gasteiger partial charge < -0.3 is 15.4 Å². The average Bonchev–Trinajstić information content (AvgIpc) is 2.62. The molecule has 13 heavy (non-hydrogen) atoms. The Labute approximate surface area is 78.3 Å². The van der Waals surface area contributed by atoms with Crippen molar-refractivity contribution >= 4 is 6.09 Å². The Hall–Kier alpha value is -1.03. The minimum Gasteiger partial charge on any atom is -0.445 e. The molecule has 1 saturated heterocycles. The van der Waals surface area contributed by atoms with E-state index in [1.807, 2.05) is 0 Å². The average molecular weight is 184 g/mol. The molecule has 0 aliphatic carbocycles. The maximum absolute atomic E-state index is 11.3. The minimum atomic E-state index is -0.254. The van der Waals surface area contributed by atoms with E-state index >= 15 is 0 Å². The van der Waals surface area contributed by atoms with Crippen molar-refractivity contribution in [3.05, 3.63) is 12.7 Å². The second-order valence-electron chi connectivity index (χ2n) is 3.20. The lowest BCUT2D eigenvalue weighted by molar-refractivity contribution is 0.120. The molecule has 1 aliphatic heterocycles. The lowest BCUT2D eigenvalue weighted by Crippen LogP contribution is -2.30. The summed E-state index contributed by atoms with van der Waals surface area (Å²) in [7, 11) is 0. The van der Waals surface area contributed by atoms with E-state index in [9.17, 15) is 4.79 Å². The summed E-state index contributed by atoms with van der Waals surface area (Å²) in [5.74, 6) is 0.441. The number of ether oxygens (including phenoxy) is 1. The Morgan fingerprint density at radius 1 is 1.77 bits per heavy atom.